The summed E-state index contributed by atoms with van der Waals surface area (Å²) in [5, 5.41) is 3.53. The molecule has 0 aromatic carbocycles. The highest BCUT2D eigenvalue weighted by atomic mass is 15.1. The van der Waals surface area contributed by atoms with Crippen LogP contribution in [-0.4, -0.2) is 37.6 Å². The second-order valence-electron chi connectivity index (χ2n) is 5.94. The molecular formula is C13H26N2. The van der Waals surface area contributed by atoms with Crippen LogP contribution in [0.25, 0.3) is 0 Å². The van der Waals surface area contributed by atoms with Crippen molar-refractivity contribution >= 4 is 0 Å². The molecule has 0 amide bonds. The molecule has 0 aromatic heterocycles. The van der Waals surface area contributed by atoms with Crippen molar-refractivity contribution in [2.75, 3.05) is 26.7 Å². The fourth-order valence-electron chi connectivity index (χ4n) is 2.97. The molecule has 0 radical (unpaired) electrons. The van der Waals surface area contributed by atoms with Crippen LogP contribution in [0.4, 0.5) is 0 Å². The van der Waals surface area contributed by atoms with Crippen molar-refractivity contribution < 1.29 is 0 Å². The molecule has 0 spiro atoms. The predicted octanol–water partition coefficient (Wildman–Crippen LogP) is 1.96. The average Bonchev–Trinajstić information content (AvgIpc) is 2.81. The molecular weight excluding hydrogens is 184 g/mol. The molecule has 1 aliphatic heterocycles. The van der Waals surface area contributed by atoms with Gasteiger partial charge >= 0.3 is 0 Å². The summed E-state index contributed by atoms with van der Waals surface area (Å²) in [5.41, 5.74) is 0. The van der Waals surface area contributed by atoms with Crippen molar-refractivity contribution in [3.63, 3.8) is 0 Å². The van der Waals surface area contributed by atoms with E-state index in [1.165, 1.54) is 38.9 Å². The van der Waals surface area contributed by atoms with Crippen molar-refractivity contribution in [3.05, 3.63) is 0 Å². The maximum atomic E-state index is 3.53. The van der Waals surface area contributed by atoms with Gasteiger partial charge < -0.3 is 10.2 Å². The summed E-state index contributed by atoms with van der Waals surface area (Å²) in [6.45, 7) is 8.56. The van der Waals surface area contributed by atoms with E-state index in [0.717, 1.165) is 23.8 Å². The fourth-order valence-corrected chi connectivity index (χ4v) is 2.97. The second-order valence-corrected chi connectivity index (χ2v) is 5.94. The van der Waals surface area contributed by atoms with E-state index in [1.54, 1.807) is 0 Å². The van der Waals surface area contributed by atoms with E-state index in [2.05, 4.69) is 31.1 Å². The molecule has 15 heavy (non-hydrogen) atoms. The zero-order chi connectivity index (χ0) is 10.8. The lowest BCUT2D eigenvalue weighted by Gasteiger charge is -2.31. The first kappa shape index (κ1) is 11.4. The minimum absolute atomic E-state index is 0.733. The van der Waals surface area contributed by atoms with Crippen molar-refractivity contribution in [2.24, 2.45) is 17.8 Å². The van der Waals surface area contributed by atoms with E-state index < -0.39 is 0 Å². The topological polar surface area (TPSA) is 15.3 Å². The van der Waals surface area contributed by atoms with E-state index in [0.29, 0.717) is 0 Å². The van der Waals surface area contributed by atoms with E-state index in [4.69, 9.17) is 0 Å². The van der Waals surface area contributed by atoms with Gasteiger partial charge in [-0.25, -0.2) is 0 Å². The molecule has 1 aliphatic carbocycles. The largest absolute Gasteiger partial charge is 0.314 e. The monoisotopic (exact) mass is 210 g/mol. The summed E-state index contributed by atoms with van der Waals surface area (Å²) in [7, 11) is 2.30. The van der Waals surface area contributed by atoms with Crippen LogP contribution in [0, 0.1) is 17.8 Å². The van der Waals surface area contributed by atoms with Crippen LogP contribution in [-0.2, 0) is 0 Å². The van der Waals surface area contributed by atoms with Crippen LogP contribution in [0.1, 0.15) is 33.1 Å². The molecule has 1 saturated heterocycles. The third-order valence-electron chi connectivity index (χ3n) is 4.12. The predicted molar refractivity (Wildman–Crippen MR) is 65.0 cm³/mol. The standard InChI is InChI=1S/C13H26N2/c1-10-6-13(10)9-15(3)8-12-4-5-14-11(2)7-12/h10-14H,4-9H2,1-3H3. The Labute approximate surface area is 94.4 Å². The minimum atomic E-state index is 0.733. The van der Waals surface area contributed by atoms with Crippen LogP contribution in [0.5, 0.6) is 0 Å². The van der Waals surface area contributed by atoms with Gasteiger partial charge in [-0.1, -0.05) is 6.92 Å². The van der Waals surface area contributed by atoms with Crippen molar-refractivity contribution in [1.82, 2.24) is 10.2 Å². The molecule has 0 bridgehead atoms. The lowest BCUT2D eigenvalue weighted by molar-refractivity contribution is 0.213. The van der Waals surface area contributed by atoms with Gasteiger partial charge in [0.25, 0.3) is 0 Å². The summed E-state index contributed by atoms with van der Waals surface area (Å²) in [6, 6.07) is 0.733. The molecule has 2 heteroatoms. The second kappa shape index (κ2) is 4.84. The molecule has 2 aliphatic rings. The maximum absolute atomic E-state index is 3.53. The molecule has 4 atom stereocenters. The van der Waals surface area contributed by atoms with E-state index in [9.17, 15) is 0 Å². The smallest absolute Gasteiger partial charge is 0.00418 e. The molecule has 1 heterocycles. The Bertz CT molecular complexity index is 205. The first-order valence-electron chi connectivity index (χ1n) is 6.57. The molecule has 2 rings (SSSR count). The van der Waals surface area contributed by atoms with Crippen LogP contribution in [0.2, 0.25) is 0 Å². The highest BCUT2D eigenvalue weighted by Crippen LogP contribution is 2.38. The number of rotatable bonds is 4. The zero-order valence-electron chi connectivity index (χ0n) is 10.5. The summed E-state index contributed by atoms with van der Waals surface area (Å²) in [5.74, 6) is 2.94. The summed E-state index contributed by atoms with van der Waals surface area (Å²) in [6.07, 6.45) is 4.20. The molecule has 2 nitrogen and oxygen atoms in total. The molecule has 4 unspecified atom stereocenters. The van der Waals surface area contributed by atoms with Gasteiger partial charge in [-0.2, -0.15) is 0 Å². The fraction of sp³-hybridized carbons (Fsp3) is 1.00. The third kappa shape index (κ3) is 3.46. The number of hydrogen-bond donors (Lipinski definition) is 1. The highest BCUT2D eigenvalue weighted by Gasteiger charge is 2.33. The first-order valence-corrected chi connectivity index (χ1v) is 6.57. The highest BCUT2D eigenvalue weighted by molar-refractivity contribution is 4.85. The average molecular weight is 210 g/mol. The Balaban J connectivity index is 1.66. The van der Waals surface area contributed by atoms with Crippen LogP contribution in [0.3, 0.4) is 0 Å². The SMILES string of the molecule is CC1CC(CN(C)CC2CC2C)CCN1. The molecule has 88 valence electrons. The van der Waals surface area contributed by atoms with Gasteiger partial charge in [-0.3, -0.25) is 0 Å². The maximum Gasteiger partial charge on any atom is 0.00418 e. The number of piperidine rings is 1. The van der Waals surface area contributed by atoms with E-state index in [-0.39, 0.29) is 0 Å². The van der Waals surface area contributed by atoms with E-state index in [1.807, 2.05) is 0 Å². The van der Waals surface area contributed by atoms with Gasteiger partial charge in [0.2, 0.25) is 0 Å². The number of hydrogen-bond acceptors (Lipinski definition) is 2. The Morgan fingerprint density at radius 2 is 1.93 bits per heavy atom. The molecule has 2 fully saturated rings. The first-order chi connectivity index (χ1) is 7.15. The van der Waals surface area contributed by atoms with Gasteiger partial charge in [0.05, 0.1) is 0 Å². The summed E-state index contributed by atoms with van der Waals surface area (Å²) < 4.78 is 0. The number of nitrogens with one attached hydrogen (secondary N) is 1. The summed E-state index contributed by atoms with van der Waals surface area (Å²) in [4.78, 5) is 2.57. The van der Waals surface area contributed by atoms with Crippen molar-refractivity contribution in [3.8, 4) is 0 Å². The Morgan fingerprint density at radius 1 is 1.20 bits per heavy atom. The third-order valence-corrected chi connectivity index (χ3v) is 4.12. The van der Waals surface area contributed by atoms with Gasteiger partial charge in [-0.05, 0) is 57.5 Å². The van der Waals surface area contributed by atoms with Gasteiger partial charge in [0.15, 0.2) is 0 Å². The Kier molecular flexibility index (Phi) is 3.68. The van der Waals surface area contributed by atoms with Crippen molar-refractivity contribution in [2.45, 2.75) is 39.2 Å². The zero-order valence-corrected chi connectivity index (χ0v) is 10.5. The van der Waals surface area contributed by atoms with E-state index >= 15 is 0 Å². The lowest BCUT2D eigenvalue weighted by atomic mass is 9.93. The lowest BCUT2D eigenvalue weighted by Crippen LogP contribution is -2.40. The van der Waals surface area contributed by atoms with Crippen LogP contribution in [0.15, 0.2) is 0 Å². The molecule has 0 aromatic rings. The van der Waals surface area contributed by atoms with Crippen LogP contribution < -0.4 is 5.32 Å². The van der Waals surface area contributed by atoms with Gasteiger partial charge in [0.1, 0.15) is 0 Å². The number of nitrogens with zero attached hydrogens (tertiary/aromatic N) is 1. The van der Waals surface area contributed by atoms with Crippen LogP contribution >= 0.6 is 0 Å². The van der Waals surface area contributed by atoms with Gasteiger partial charge in [0, 0.05) is 19.1 Å². The quantitative estimate of drug-likeness (QED) is 0.763. The Morgan fingerprint density at radius 3 is 2.53 bits per heavy atom. The molecule has 1 N–H and O–H groups in total. The summed E-state index contributed by atoms with van der Waals surface area (Å²) >= 11 is 0. The normalized spacial score (nSPS) is 40.8. The minimum Gasteiger partial charge on any atom is -0.314 e. The van der Waals surface area contributed by atoms with Gasteiger partial charge in [-0.15, -0.1) is 0 Å². The van der Waals surface area contributed by atoms with Crippen molar-refractivity contribution in [1.29, 1.82) is 0 Å². The molecule has 1 saturated carbocycles. The Hall–Kier alpha value is -0.0800.